The number of aryl methyl sites for hydroxylation is 2. The number of esters is 1. The molecule has 144 valence electrons. The smallest absolute Gasteiger partial charge is 0.373 e. The quantitative estimate of drug-likeness (QED) is 0.450. The van der Waals surface area contributed by atoms with Gasteiger partial charge in [0.25, 0.3) is 5.56 Å². The maximum Gasteiger partial charge on any atom is 0.373 e. The monoisotopic (exact) mass is 414 g/mol. The molecule has 4 aromatic heterocycles. The Morgan fingerprint density at radius 1 is 1.32 bits per heavy atom. The van der Waals surface area contributed by atoms with Gasteiger partial charge in [0.1, 0.15) is 16.4 Å². The van der Waals surface area contributed by atoms with Gasteiger partial charge in [-0.2, -0.15) is 0 Å². The van der Waals surface area contributed by atoms with Crippen LogP contribution in [-0.4, -0.2) is 22.6 Å². The second-order valence-electron chi connectivity index (χ2n) is 6.22. The van der Waals surface area contributed by atoms with Crippen molar-refractivity contribution in [1.29, 1.82) is 0 Å². The van der Waals surface area contributed by atoms with Crippen LogP contribution in [0.5, 0.6) is 0 Å². The zero-order valence-corrected chi connectivity index (χ0v) is 17.3. The molecular weight excluding hydrogens is 396 g/mol. The Labute approximate surface area is 169 Å². The van der Waals surface area contributed by atoms with Crippen LogP contribution in [0.4, 0.5) is 0 Å². The maximum atomic E-state index is 13.4. The molecule has 0 amide bonds. The van der Waals surface area contributed by atoms with E-state index in [4.69, 9.17) is 4.42 Å². The first-order valence-electron chi connectivity index (χ1n) is 8.77. The van der Waals surface area contributed by atoms with Crippen molar-refractivity contribution in [3.63, 3.8) is 0 Å². The van der Waals surface area contributed by atoms with E-state index in [0.717, 1.165) is 26.6 Å². The van der Waals surface area contributed by atoms with E-state index in [1.165, 1.54) is 7.11 Å². The van der Waals surface area contributed by atoms with Crippen LogP contribution in [0.25, 0.3) is 20.7 Å². The molecular formula is C20H18N2O4S2. The van der Waals surface area contributed by atoms with Gasteiger partial charge in [-0.15, -0.1) is 22.7 Å². The van der Waals surface area contributed by atoms with Gasteiger partial charge in [0.2, 0.25) is 5.76 Å². The zero-order chi connectivity index (χ0) is 19.8. The molecule has 0 N–H and O–H groups in total. The number of nitrogens with zero attached hydrogens (tertiary/aromatic N) is 2. The van der Waals surface area contributed by atoms with Crippen LogP contribution in [0, 0.1) is 6.92 Å². The first-order chi connectivity index (χ1) is 13.5. The highest BCUT2D eigenvalue weighted by atomic mass is 32.1. The molecule has 4 heterocycles. The molecule has 0 radical (unpaired) electrons. The van der Waals surface area contributed by atoms with Gasteiger partial charge in [-0.3, -0.25) is 9.36 Å². The maximum absolute atomic E-state index is 13.4. The molecule has 0 saturated carbocycles. The summed E-state index contributed by atoms with van der Waals surface area (Å²) in [7, 11) is 1.30. The lowest BCUT2D eigenvalue weighted by Gasteiger charge is -2.08. The average molecular weight is 415 g/mol. The molecule has 0 bridgehead atoms. The van der Waals surface area contributed by atoms with E-state index in [-0.39, 0.29) is 17.9 Å². The summed E-state index contributed by atoms with van der Waals surface area (Å²) in [6, 6.07) is 7.24. The Bertz CT molecular complexity index is 1220. The largest absolute Gasteiger partial charge is 0.463 e. The fourth-order valence-corrected chi connectivity index (χ4v) is 5.21. The topological polar surface area (TPSA) is 74.3 Å². The molecule has 0 spiro atoms. The molecule has 0 atom stereocenters. The number of hydrogen-bond donors (Lipinski definition) is 0. The van der Waals surface area contributed by atoms with Crippen LogP contribution in [-0.2, 0) is 17.7 Å². The highest BCUT2D eigenvalue weighted by molar-refractivity contribution is 7.20. The summed E-state index contributed by atoms with van der Waals surface area (Å²) in [5, 5.41) is 2.66. The van der Waals surface area contributed by atoms with Gasteiger partial charge in [-0.1, -0.05) is 13.0 Å². The summed E-state index contributed by atoms with van der Waals surface area (Å²) in [5.41, 5.74) is 0.885. The standard InChI is InChI=1S/C20H18N2O4S2/c1-4-14-16(15-6-5-9-27-15)17-18(28-14)21-11(2)22(19(17)23)10-12-7-8-13(26-12)20(24)25-3/h5-9H,4,10H2,1-3H3. The molecule has 0 aromatic carbocycles. The third-order valence-corrected chi connectivity index (χ3v) is 6.64. The highest BCUT2D eigenvalue weighted by Gasteiger charge is 2.21. The number of rotatable bonds is 5. The van der Waals surface area contributed by atoms with Gasteiger partial charge < -0.3 is 9.15 Å². The van der Waals surface area contributed by atoms with Gasteiger partial charge in [0.05, 0.1) is 19.0 Å². The minimum Gasteiger partial charge on any atom is -0.463 e. The fourth-order valence-electron chi connectivity index (χ4n) is 3.18. The van der Waals surface area contributed by atoms with Crippen molar-refractivity contribution >= 4 is 38.9 Å². The molecule has 0 aliphatic rings. The number of aromatic nitrogens is 2. The molecule has 8 heteroatoms. The van der Waals surface area contributed by atoms with Gasteiger partial charge in [-0.05, 0) is 36.9 Å². The molecule has 0 aliphatic carbocycles. The zero-order valence-electron chi connectivity index (χ0n) is 15.6. The van der Waals surface area contributed by atoms with E-state index in [9.17, 15) is 9.59 Å². The summed E-state index contributed by atoms with van der Waals surface area (Å²) in [4.78, 5) is 32.7. The van der Waals surface area contributed by atoms with E-state index >= 15 is 0 Å². The number of fused-ring (bicyclic) bond motifs is 1. The van der Waals surface area contributed by atoms with Gasteiger partial charge in [0.15, 0.2) is 0 Å². The van der Waals surface area contributed by atoms with Gasteiger partial charge in [0, 0.05) is 15.3 Å². The van der Waals surface area contributed by atoms with Crippen LogP contribution in [0.2, 0.25) is 0 Å². The SMILES string of the molecule is CCc1sc2nc(C)n(Cc3ccc(C(=O)OC)o3)c(=O)c2c1-c1cccs1. The Morgan fingerprint density at radius 3 is 2.82 bits per heavy atom. The molecule has 6 nitrogen and oxygen atoms in total. The molecule has 0 aliphatic heterocycles. The van der Waals surface area contributed by atoms with Crippen molar-refractivity contribution < 1.29 is 13.9 Å². The van der Waals surface area contributed by atoms with Crippen LogP contribution in [0.3, 0.4) is 0 Å². The van der Waals surface area contributed by atoms with Crippen molar-refractivity contribution in [1.82, 2.24) is 9.55 Å². The number of hydrogen-bond acceptors (Lipinski definition) is 7. The Hall–Kier alpha value is -2.71. The van der Waals surface area contributed by atoms with Crippen LogP contribution in [0.15, 0.2) is 38.9 Å². The lowest BCUT2D eigenvalue weighted by Crippen LogP contribution is -2.24. The summed E-state index contributed by atoms with van der Waals surface area (Å²) in [6.45, 7) is 4.09. The Kier molecular flexibility index (Phi) is 4.91. The third kappa shape index (κ3) is 3.08. The molecule has 4 rings (SSSR count). The van der Waals surface area contributed by atoms with Crippen molar-refractivity contribution in [3.8, 4) is 10.4 Å². The normalized spacial score (nSPS) is 11.2. The summed E-state index contributed by atoms with van der Waals surface area (Å²) >= 11 is 3.19. The first-order valence-corrected chi connectivity index (χ1v) is 10.5. The molecule has 28 heavy (non-hydrogen) atoms. The van der Waals surface area contributed by atoms with Crippen LogP contribution >= 0.6 is 22.7 Å². The third-order valence-electron chi connectivity index (χ3n) is 4.53. The molecule has 0 saturated heterocycles. The summed E-state index contributed by atoms with van der Waals surface area (Å²) in [5.74, 6) is 0.667. The van der Waals surface area contributed by atoms with Crippen molar-refractivity contribution in [2.75, 3.05) is 7.11 Å². The van der Waals surface area contributed by atoms with E-state index in [0.29, 0.717) is 17.0 Å². The lowest BCUT2D eigenvalue weighted by atomic mass is 10.1. The summed E-state index contributed by atoms with van der Waals surface area (Å²) in [6.07, 6.45) is 0.841. The van der Waals surface area contributed by atoms with Gasteiger partial charge >= 0.3 is 5.97 Å². The predicted octanol–water partition coefficient (Wildman–Crippen LogP) is 4.49. The highest BCUT2D eigenvalue weighted by Crippen LogP contribution is 2.38. The summed E-state index contributed by atoms with van der Waals surface area (Å²) < 4.78 is 11.8. The number of thiophene rings is 2. The lowest BCUT2D eigenvalue weighted by molar-refractivity contribution is 0.0563. The van der Waals surface area contributed by atoms with Crippen molar-refractivity contribution in [3.05, 3.63) is 62.2 Å². The second kappa shape index (κ2) is 7.37. The van der Waals surface area contributed by atoms with E-state index in [1.807, 2.05) is 17.5 Å². The van der Waals surface area contributed by atoms with Gasteiger partial charge in [-0.25, -0.2) is 9.78 Å². The molecule has 0 fully saturated rings. The van der Waals surface area contributed by atoms with E-state index < -0.39 is 5.97 Å². The molecule has 4 aromatic rings. The first kappa shape index (κ1) is 18.6. The van der Waals surface area contributed by atoms with E-state index in [1.54, 1.807) is 46.3 Å². The number of carbonyl (C=O) groups excluding carboxylic acids is 1. The predicted molar refractivity (Wildman–Crippen MR) is 110 cm³/mol. The van der Waals surface area contributed by atoms with Crippen LogP contribution in [0.1, 0.15) is 33.9 Å². The van der Waals surface area contributed by atoms with Crippen molar-refractivity contribution in [2.24, 2.45) is 0 Å². The minimum absolute atomic E-state index is 0.0992. The Balaban J connectivity index is 1.86. The average Bonchev–Trinajstić information content (AvgIpc) is 3.42. The number of furan rings is 1. The van der Waals surface area contributed by atoms with Crippen molar-refractivity contribution in [2.45, 2.75) is 26.8 Å². The number of carbonyl (C=O) groups is 1. The van der Waals surface area contributed by atoms with Crippen LogP contribution < -0.4 is 5.56 Å². The van der Waals surface area contributed by atoms with E-state index in [2.05, 4.69) is 16.6 Å². The number of methoxy groups -OCH3 is 1. The second-order valence-corrected chi connectivity index (χ2v) is 8.25. The minimum atomic E-state index is -0.547. The number of ether oxygens (including phenoxy) is 1. The Morgan fingerprint density at radius 2 is 2.14 bits per heavy atom. The fraction of sp³-hybridized carbons (Fsp3) is 0.250. The molecule has 0 unspecified atom stereocenters.